The molecule has 1 spiro atoms. The summed E-state index contributed by atoms with van der Waals surface area (Å²) < 4.78 is 11.4. The third-order valence-corrected chi connectivity index (χ3v) is 5.20. The Hall–Kier alpha value is -2.24. The summed E-state index contributed by atoms with van der Waals surface area (Å²) >= 11 is 0. The van der Waals surface area contributed by atoms with Crippen molar-refractivity contribution in [3.8, 4) is 5.75 Å². The quantitative estimate of drug-likeness (QED) is 0.882. The molecule has 1 saturated heterocycles. The van der Waals surface area contributed by atoms with Gasteiger partial charge in [-0.15, -0.1) is 0 Å². The molecule has 1 aromatic carbocycles. The van der Waals surface area contributed by atoms with Gasteiger partial charge in [0.2, 0.25) is 0 Å². The lowest BCUT2D eigenvalue weighted by atomic mass is 9.61. The molecule has 0 radical (unpaired) electrons. The number of hydrogen-bond donors (Lipinski definition) is 1. The average molecular weight is 361 g/mol. The van der Waals surface area contributed by atoms with E-state index in [9.17, 15) is 9.59 Å². The van der Waals surface area contributed by atoms with Crippen molar-refractivity contribution < 1.29 is 24.2 Å². The second-order valence-electron chi connectivity index (χ2n) is 8.45. The van der Waals surface area contributed by atoms with E-state index in [4.69, 9.17) is 14.6 Å². The second kappa shape index (κ2) is 6.82. The van der Waals surface area contributed by atoms with E-state index < -0.39 is 11.6 Å². The van der Waals surface area contributed by atoms with E-state index in [-0.39, 0.29) is 23.2 Å². The second-order valence-corrected chi connectivity index (χ2v) is 8.45. The first-order valence-corrected chi connectivity index (χ1v) is 9.14. The lowest BCUT2D eigenvalue weighted by Gasteiger charge is -2.51. The molecule has 1 saturated carbocycles. The Bertz CT molecular complexity index is 660. The molecule has 1 aliphatic heterocycles. The van der Waals surface area contributed by atoms with E-state index in [0.29, 0.717) is 5.75 Å². The number of nitrogens with zero attached hydrogens (tertiary/aromatic N) is 1. The number of aromatic carboxylic acids is 1. The Balaban J connectivity index is 1.45. The predicted molar refractivity (Wildman–Crippen MR) is 96.5 cm³/mol. The van der Waals surface area contributed by atoms with Gasteiger partial charge in [-0.1, -0.05) is 0 Å². The highest BCUT2D eigenvalue weighted by atomic mass is 16.6. The Labute approximate surface area is 154 Å². The third kappa shape index (κ3) is 4.29. The van der Waals surface area contributed by atoms with Crippen molar-refractivity contribution in [3.05, 3.63) is 29.8 Å². The van der Waals surface area contributed by atoms with Crippen LogP contribution in [0.2, 0.25) is 0 Å². The molecule has 1 aliphatic carbocycles. The van der Waals surface area contributed by atoms with E-state index in [0.717, 1.165) is 38.8 Å². The molecule has 0 aromatic heterocycles. The number of hydrogen-bond acceptors (Lipinski definition) is 4. The third-order valence-electron chi connectivity index (χ3n) is 5.20. The zero-order valence-corrected chi connectivity index (χ0v) is 15.7. The molecule has 2 aliphatic rings. The summed E-state index contributed by atoms with van der Waals surface area (Å²) in [6.45, 7) is 7.11. The molecule has 6 nitrogen and oxygen atoms in total. The molecule has 0 atom stereocenters. The number of carbonyl (C=O) groups excluding carboxylic acids is 1. The van der Waals surface area contributed by atoms with Crippen LogP contribution in [0.5, 0.6) is 5.75 Å². The van der Waals surface area contributed by atoms with Gasteiger partial charge < -0.3 is 19.5 Å². The first kappa shape index (κ1) is 18.5. The van der Waals surface area contributed by atoms with Crippen LogP contribution in [-0.2, 0) is 4.74 Å². The van der Waals surface area contributed by atoms with Gasteiger partial charge in [-0.05, 0) is 76.1 Å². The number of piperidine rings is 1. The SMILES string of the molecule is CC(C)(C)OC(=O)N1CCC2(CC1)CC(Oc1ccc(C(=O)O)cc1)C2. The molecule has 26 heavy (non-hydrogen) atoms. The fourth-order valence-corrected chi connectivity index (χ4v) is 3.76. The summed E-state index contributed by atoms with van der Waals surface area (Å²) in [5.74, 6) is -0.225. The van der Waals surface area contributed by atoms with Gasteiger partial charge in [0.25, 0.3) is 0 Å². The summed E-state index contributed by atoms with van der Waals surface area (Å²) in [7, 11) is 0. The van der Waals surface area contributed by atoms with Crippen molar-refractivity contribution in [2.75, 3.05) is 13.1 Å². The summed E-state index contributed by atoms with van der Waals surface area (Å²) in [4.78, 5) is 24.8. The zero-order chi connectivity index (χ0) is 18.9. The van der Waals surface area contributed by atoms with E-state index in [2.05, 4.69) is 0 Å². The normalized spacial score (nSPS) is 19.7. The van der Waals surface area contributed by atoms with Crippen LogP contribution in [0.4, 0.5) is 4.79 Å². The largest absolute Gasteiger partial charge is 0.490 e. The van der Waals surface area contributed by atoms with Gasteiger partial charge in [-0.2, -0.15) is 0 Å². The maximum absolute atomic E-state index is 12.1. The number of amides is 1. The van der Waals surface area contributed by atoms with Crippen LogP contribution in [0.1, 0.15) is 56.8 Å². The minimum absolute atomic E-state index is 0.166. The molecule has 0 unspecified atom stereocenters. The molecule has 1 aromatic rings. The van der Waals surface area contributed by atoms with Gasteiger partial charge in [0.1, 0.15) is 11.4 Å². The van der Waals surface area contributed by atoms with E-state index >= 15 is 0 Å². The lowest BCUT2D eigenvalue weighted by molar-refractivity contribution is -0.0583. The van der Waals surface area contributed by atoms with Gasteiger partial charge in [-0.3, -0.25) is 0 Å². The Kier molecular flexibility index (Phi) is 4.86. The highest BCUT2D eigenvalue weighted by molar-refractivity contribution is 5.87. The van der Waals surface area contributed by atoms with Gasteiger partial charge in [-0.25, -0.2) is 9.59 Å². The number of benzene rings is 1. The van der Waals surface area contributed by atoms with E-state index in [1.807, 2.05) is 20.8 Å². The highest BCUT2D eigenvalue weighted by Crippen LogP contribution is 2.50. The molecular weight excluding hydrogens is 334 g/mol. The van der Waals surface area contributed by atoms with Crippen molar-refractivity contribution in [1.29, 1.82) is 0 Å². The van der Waals surface area contributed by atoms with Crippen LogP contribution >= 0.6 is 0 Å². The van der Waals surface area contributed by atoms with E-state index in [1.54, 1.807) is 29.2 Å². The topological polar surface area (TPSA) is 76.1 Å². The smallest absolute Gasteiger partial charge is 0.410 e. The van der Waals surface area contributed by atoms with Crippen molar-refractivity contribution in [1.82, 2.24) is 4.90 Å². The standard InChI is InChI=1S/C20H27NO5/c1-19(2,3)26-18(24)21-10-8-20(9-11-21)12-16(13-20)25-15-6-4-14(5-7-15)17(22)23/h4-7,16H,8-13H2,1-3H3,(H,22,23). The van der Waals surface area contributed by atoms with Crippen molar-refractivity contribution in [2.24, 2.45) is 5.41 Å². The number of carboxylic acids is 1. The minimum Gasteiger partial charge on any atom is -0.490 e. The number of carboxylic acid groups (broad SMARTS) is 1. The van der Waals surface area contributed by atoms with Gasteiger partial charge in [0.05, 0.1) is 11.7 Å². The van der Waals surface area contributed by atoms with Crippen molar-refractivity contribution in [3.63, 3.8) is 0 Å². The predicted octanol–water partition coefficient (Wildman–Crippen LogP) is 3.94. The van der Waals surface area contributed by atoms with Crippen LogP contribution in [0.15, 0.2) is 24.3 Å². The number of ether oxygens (including phenoxy) is 2. The summed E-state index contributed by atoms with van der Waals surface area (Å²) in [6, 6.07) is 6.54. The first-order valence-electron chi connectivity index (χ1n) is 9.14. The molecule has 2 fully saturated rings. The minimum atomic E-state index is -0.934. The maximum atomic E-state index is 12.1. The van der Waals surface area contributed by atoms with Crippen LogP contribution in [0.3, 0.4) is 0 Å². The summed E-state index contributed by atoms with van der Waals surface area (Å²) in [5, 5.41) is 8.93. The Morgan fingerprint density at radius 2 is 1.69 bits per heavy atom. The maximum Gasteiger partial charge on any atom is 0.410 e. The monoisotopic (exact) mass is 361 g/mol. The lowest BCUT2D eigenvalue weighted by Crippen LogP contribution is -2.52. The molecule has 6 heteroatoms. The van der Waals surface area contributed by atoms with Gasteiger partial charge in [0, 0.05) is 13.1 Å². The van der Waals surface area contributed by atoms with Crippen LogP contribution in [0, 0.1) is 5.41 Å². The van der Waals surface area contributed by atoms with Crippen LogP contribution < -0.4 is 4.74 Å². The molecule has 1 N–H and O–H groups in total. The molecule has 142 valence electrons. The number of carbonyl (C=O) groups is 2. The van der Waals surface area contributed by atoms with Crippen molar-refractivity contribution in [2.45, 2.75) is 58.2 Å². The first-order chi connectivity index (χ1) is 12.2. The Morgan fingerprint density at radius 3 is 2.19 bits per heavy atom. The average Bonchev–Trinajstić information content (AvgIpc) is 2.53. The molecule has 0 bridgehead atoms. The van der Waals surface area contributed by atoms with E-state index in [1.165, 1.54) is 0 Å². The zero-order valence-electron chi connectivity index (χ0n) is 15.7. The molecule has 3 rings (SSSR count). The van der Waals surface area contributed by atoms with Crippen molar-refractivity contribution >= 4 is 12.1 Å². The molecule has 1 heterocycles. The van der Waals surface area contributed by atoms with Crippen LogP contribution in [-0.4, -0.2) is 46.9 Å². The number of likely N-dealkylation sites (tertiary alicyclic amines) is 1. The number of rotatable bonds is 3. The summed E-state index contributed by atoms with van der Waals surface area (Å²) in [6.07, 6.45) is 3.86. The van der Waals surface area contributed by atoms with Crippen LogP contribution in [0.25, 0.3) is 0 Å². The van der Waals surface area contributed by atoms with Gasteiger partial charge >= 0.3 is 12.1 Å². The Morgan fingerprint density at radius 1 is 1.12 bits per heavy atom. The fourth-order valence-electron chi connectivity index (χ4n) is 3.76. The summed E-state index contributed by atoms with van der Waals surface area (Å²) in [5.41, 5.74) is 0.0686. The fraction of sp³-hybridized carbons (Fsp3) is 0.600. The molecular formula is C20H27NO5. The van der Waals surface area contributed by atoms with Gasteiger partial charge in [0.15, 0.2) is 0 Å². The highest BCUT2D eigenvalue weighted by Gasteiger charge is 2.47. The molecule has 1 amide bonds.